The lowest BCUT2D eigenvalue weighted by atomic mass is 10.2. The summed E-state index contributed by atoms with van der Waals surface area (Å²) in [5.74, 6) is -0.533. The van der Waals surface area contributed by atoms with Crippen LogP contribution in [0.3, 0.4) is 0 Å². The molecule has 0 spiro atoms. The number of nitrogens with zero attached hydrogens (tertiary/aromatic N) is 3. The molecule has 0 saturated carbocycles. The molecule has 2 aromatic rings. The minimum atomic E-state index is -0.368. The predicted octanol–water partition coefficient (Wildman–Crippen LogP) is 1.04. The summed E-state index contributed by atoms with van der Waals surface area (Å²) in [6.07, 6.45) is 5.67. The van der Waals surface area contributed by atoms with Crippen molar-refractivity contribution in [3.8, 4) is 5.75 Å². The summed E-state index contributed by atoms with van der Waals surface area (Å²) in [5.41, 5.74) is 6.84. The van der Waals surface area contributed by atoms with E-state index in [2.05, 4.69) is 9.97 Å². The van der Waals surface area contributed by atoms with Gasteiger partial charge in [0.25, 0.3) is 5.91 Å². The molecule has 0 aliphatic heterocycles. The molecule has 18 heavy (non-hydrogen) atoms. The Morgan fingerprint density at radius 3 is 2.61 bits per heavy atom. The Hall–Kier alpha value is -2.63. The molecule has 0 aromatic carbocycles. The Kier molecular flexibility index (Phi) is 3.09. The zero-order valence-electron chi connectivity index (χ0n) is 9.74. The van der Waals surface area contributed by atoms with Gasteiger partial charge < -0.3 is 15.7 Å². The van der Waals surface area contributed by atoms with E-state index in [1.54, 1.807) is 19.3 Å². The highest BCUT2D eigenvalue weighted by Crippen LogP contribution is 2.24. The first-order valence-corrected chi connectivity index (χ1v) is 5.21. The predicted molar refractivity (Wildman–Crippen MR) is 67.3 cm³/mol. The van der Waals surface area contributed by atoms with E-state index >= 15 is 0 Å². The molecule has 3 N–H and O–H groups in total. The molecule has 2 aromatic heterocycles. The van der Waals surface area contributed by atoms with Crippen molar-refractivity contribution in [3.05, 3.63) is 42.5 Å². The Balaban J connectivity index is 2.36. The number of carbonyl (C=O) groups is 1. The Morgan fingerprint density at radius 1 is 1.28 bits per heavy atom. The summed E-state index contributed by atoms with van der Waals surface area (Å²) in [6, 6.07) is 3.08. The fourth-order valence-electron chi connectivity index (χ4n) is 1.56. The second kappa shape index (κ2) is 4.70. The number of carbonyl (C=O) groups excluding carboxylic acids is 1. The van der Waals surface area contributed by atoms with Crippen molar-refractivity contribution in [1.82, 2.24) is 9.97 Å². The van der Waals surface area contributed by atoms with E-state index in [-0.39, 0.29) is 17.2 Å². The molecule has 0 unspecified atom stereocenters. The highest BCUT2D eigenvalue weighted by Gasteiger charge is 2.18. The van der Waals surface area contributed by atoms with Gasteiger partial charge in [-0.2, -0.15) is 0 Å². The van der Waals surface area contributed by atoms with Crippen LogP contribution >= 0.6 is 0 Å². The quantitative estimate of drug-likeness (QED) is 0.823. The first-order valence-electron chi connectivity index (χ1n) is 5.21. The van der Waals surface area contributed by atoms with Gasteiger partial charge in [0.1, 0.15) is 5.75 Å². The van der Waals surface area contributed by atoms with E-state index in [4.69, 9.17) is 5.73 Å². The molecule has 0 saturated heterocycles. The second-order valence-corrected chi connectivity index (χ2v) is 3.69. The monoisotopic (exact) mass is 244 g/mol. The molecular formula is C12H12N4O2. The van der Waals surface area contributed by atoms with Gasteiger partial charge in [-0.3, -0.25) is 14.8 Å². The van der Waals surface area contributed by atoms with Gasteiger partial charge in [0, 0.05) is 19.4 Å². The van der Waals surface area contributed by atoms with Crippen LogP contribution in [0.5, 0.6) is 5.75 Å². The topological polar surface area (TPSA) is 92.3 Å². The average molecular weight is 244 g/mol. The molecule has 2 heterocycles. The van der Waals surface area contributed by atoms with Crippen LogP contribution in [0.15, 0.2) is 36.9 Å². The molecule has 0 atom stereocenters. The van der Waals surface area contributed by atoms with Crippen LogP contribution in [0, 0.1) is 0 Å². The maximum atomic E-state index is 12.2. The molecule has 0 aliphatic rings. The Labute approximate surface area is 104 Å². The van der Waals surface area contributed by atoms with Gasteiger partial charge in [-0.15, -0.1) is 0 Å². The lowest BCUT2D eigenvalue weighted by molar-refractivity contribution is 0.0990. The summed E-state index contributed by atoms with van der Waals surface area (Å²) in [7, 11) is 1.58. The molecule has 2 rings (SSSR count). The fraction of sp³-hybridized carbons (Fsp3) is 0.0833. The van der Waals surface area contributed by atoms with Crippen LogP contribution in [0.25, 0.3) is 0 Å². The number of nitrogens with two attached hydrogens (primary N) is 1. The number of aromatic hydroxyl groups is 1. The third-order valence-electron chi connectivity index (χ3n) is 2.52. The van der Waals surface area contributed by atoms with Crippen molar-refractivity contribution < 1.29 is 9.90 Å². The van der Waals surface area contributed by atoms with Crippen molar-refractivity contribution in [2.24, 2.45) is 0 Å². The van der Waals surface area contributed by atoms with Crippen LogP contribution in [0.1, 0.15) is 10.4 Å². The number of anilines is 2. The third-order valence-corrected chi connectivity index (χ3v) is 2.52. The van der Waals surface area contributed by atoms with Gasteiger partial charge in [0.05, 0.1) is 29.3 Å². The number of hydrogen-bond acceptors (Lipinski definition) is 5. The molecule has 6 heteroatoms. The van der Waals surface area contributed by atoms with Crippen molar-refractivity contribution in [1.29, 1.82) is 0 Å². The number of hydrogen-bond donors (Lipinski definition) is 2. The average Bonchev–Trinajstić information content (AvgIpc) is 2.38. The smallest absolute Gasteiger partial charge is 0.261 e. The third kappa shape index (κ3) is 2.08. The van der Waals surface area contributed by atoms with Crippen LogP contribution in [0.4, 0.5) is 11.4 Å². The summed E-state index contributed by atoms with van der Waals surface area (Å²) < 4.78 is 0. The maximum Gasteiger partial charge on any atom is 0.261 e. The minimum Gasteiger partial charge on any atom is -0.505 e. The normalized spacial score (nSPS) is 10.1. The number of aromatic nitrogens is 2. The lowest BCUT2D eigenvalue weighted by Gasteiger charge is -2.19. The molecule has 0 bridgehead atoms. The highest BCUT2D eigenvalue weighted by molar-refractivity contribution is 6.08. The minimum absolute atomic E-state index is 0.165. The molecule has 1 amide bonds. The fourth-order valence-corrected chi connectivity index (χ4v) is 1.56. The number of rotatable bonds is 2. The van der Waals surface area contributed by atoms with Gasteiger partial charge in [-0.05, 0) is 12.1 Å². The lowest BCUT2D eigenvalue weighted by Crippen LogP contribution is -2.27. The van der Waals surface area contributed by atoms with Crippen LogP contribution in [0.2, 0.25) is 0 Å². The molecule has 6 nitrogen and oxygen atoms in total. The summed E-state index contributed by atoms with van der Waals surface area (Å²) >= 11 is 0. The van der Waals surface area contributed by atoms with Gasteiger partial charge in [-0.1, -0.05) is 0 Å². The molecule has 92 valence electrons. The van der Waals surface area contributed by atoms with E-state index in [0.29, 0.717) is 11.4 Å². The number of amides is 1. The van der Waals surface area contributed by atoms with E-state index in [1.165, 1.54) is 29.6 Å². The van der Waals surface area contributed by atoms with Crippen molar-refractivity contribution in [2.75, 3.05) is 17.7 Å². The molecule has 0 radical (unpaired) electrons. The molecule has 0 aliphatic carbocycles. The van der Waals surface area contributed by atoms with Crippen molar-refractivity contribution in [2.45, 2.75) is 0 Å². The van der Waals surface area contributed by atoms with E-state index in [0.717, 1.165) is 0 Å². The molecular weight excluding hydrogens is 232 g/mol. The largest absolute Gasteiger partial charge is 0.505 e. The second-order valence-electron chi connectivity index (χ2n) is 3.69. The standard InChI is InChI=1S/C12H12N4O2/c1-16(10-3-5-14-6-9(10)13)12(18)8-2-4-15-7-11(8)17/h2-7,17H,13H2,1H3. The van der Waals surface area contributed by atoms with Gasteiger partial charge in [-0.25, -0.2) is 0 Å². The number of pyridine rings is 2. The van der Waals surface area contributed by atoms with Crippen LogP contribution in [-0.4, -0.2) is 28.0 Å². The first kappa shape index (κ1) is 11.8. The van der Waals surface area contributed by atoms with E-state index in [9.17, 15) is 9.90 Å². The zero-order valence-corrected chi connectivity index (χ0v) is 9.74. The summed E-state index contributed by atoms with van der Waals surface area (Å²) in [5, 5.41) is 9.59. The Morgan fingerprint density at radius 2 is 1.94 bits per heavy atom. The van der Waals surface area contributed by atoms with Gasteiger partial charge in [0.15, 0.2) is 0 Å². The zero-order chi connectivity index (χ0) is 13.1. The van der Waals surface area contributed by atoms with Gasteiger partial charge in [0.2, 0.25) is 0 Å². The summed E-state index contributed by atoms with van der Waals surface area (Å²) in [6.45, 7) is 0. The first-order chi connectivity index (χ1) is 8.61. The van der Waals surface area contributed by atoms with Crippen LogP contribution in [-0.2, 0) is 0 Å². The van der Waals surface area contributed by atoms with Crippen LogP contribution < -0.4 is 10.6 Å². The Bertz CT molecular complexity index is 586. The van der Waals surface area contributed by atoms with Crippen molar-refractivity contribution in [3.63, 3.8) is 0 Å². The highest BCUT2D eigenvalue weighted by atomic mass is 16.3. The van der Waals surface area contributed by atoms with E-state index < -0.39 is 0 Å². The molecule has 0 fully saturated rings. The van der Waals surface area contributed by atoms with E-state index in [1.807, 2.05) is 0 Å². The SMILES string of the molecule is CN(C(=O)c1ccncc1O)c1ccncc1N. The maximum absolute atomic E-state index is 12.2. The summed E-state index contributed by atoms with van der Waals surface area (Å²) in [4.78, 5) is 21.1. The van der Waals surface area contributed by atoms with Gasteiger partial charge >= 0.3 is 0 Å². The number of nitrogen functional groups attached to an aromatic ring is 1. The van der Waals surface area contributed by atoms with Crippen molar-refractivity contribution >= 4 is 17.3 Å².